The van der Waals surface area contributed by atoms with Gasteiger partial charge in [0, 0.05) is 70.4 Å². The average molecular weight is 880 g/mol. The summed E-state index contributed by atoms with van der Waals surface area (Å²) in [5.74, 6) is 1.24. The number of aromatic carboxylic acids is 1. The number of ether oxygens (including phenoxy) is 5. The normalized spacial score (nSPS) is 14.5. The molecule has 0 aliphatic carbocycles. The Bertz CT molecular complexity index is 2480. The number of esters is 1. The maximum atomic E-state index is 12.3. The molecule has 2 saturated heterocycles. The molecular weight excluding hydrogens is 827 g/mol. The summed E-state index contributed by atoms with van der Waals surface area (Å²) in [7, 11) is 0. The van der Waals surface area contributed by atoms with Crippen molar-refractivity contribution in [2.75, 3.05) is 46.2 Å². The van der Waals surface area contributed by atoms with Crippen molar-refractivity contribution < 1.29 is 38.4 Å². The maximum Gasteiger partial charge on any atom is 0.338 e. The van der Waals surface area contributed by atoms with Crippen LogP contribution in [0.2, 0.25) is 10.0 Å². The van der Waals surface area contributed by atoms with E-state index in [1.807, 2.05) is 91.2 Å². The highest BCUT2D eigenvalue weighted by atomic mass is 35.5. The number of rotatable bonds is 13. The number of nitrogens with zero attached hydrogens (tertiary/aromatic N) is 2. The molecule has 0 saturated carbocycles. The van der Waals surface area contributed by atoms with E-state index in [0.717, 1.165) is 109 Å². The Kier molecular flexibility index (Phi) is 15.1. The largest absolute Gasteiger partial charge is 0.493 e. The Morgan fingerprint density at radius 2 is 1.08 bits per heavy atom. The van der Waals surface area contributed by atoms with Gasteiger partial charge < -0.3 is 37.9 Å². The molecule has 2 aliphatic rings. The van der Waals surface area contributed by atoms with E-state index in [2.05, 4.69) is 16.7 Å². The lowest BCUT2D eigenvalue weighted by Gasteiger charge is -2.23. The zero-order chi connectivity index (χ0) is 43.6. The number of carbonyl (C=O) groups excluding carboxylic acids is 1. The van der Waals surface area contributed by atoms with Gasteiger partial charge in [0.25, 0.3) is 0 Å². The molecule has 4 heterocycles. The lowest BCUT2D eigenvalue weighted by atomic mass is 10.0. The molecule has 2 aliphatic heterocycles. The van der Waals surface area contributed by atoms with Gasteiger partial charge >= 0.3 is 11.9 Å². The summed E-state index contributed by atoms with van der Waals surface area (Å²) >= 11 is 12.7. The first-order valence-corrected chi connectivity index (χ1v) is 21.8. The van der Waals surface area contributed by atoms with Gasteiger partial charge in [-0.25, -0.2) is 9.59 Å². The average Bonchev–Trinajstić information content (AvgIpc) is 3.88. The van der Waals surface area contributed by atoms with E-state index in [1.165, 1.54) is 0 Å². The van der Waals surface area contributed by atoms with Gasteiger partial charge in [-0.2, -0.15) is 0 Å². The van der Waals surface area contributed by atoms with Gasteiger partial charge in [-0.1, -0.05) is 35.3 Å². The number of hydrogen-bond donors (Lipinski definition) is 1. The number of carboxylic acid groups (broad SMARTS) is 1. The standard InChI is InChI=1S/C26H28ClNO4.C24H24ClNO4/c1-3-31-26(29)20-5-4-6-22(15-20)28-18(2)7-9-24(28)23-16-21(27)8-10-25(23)32-17-19-11-13-30-14-12-19;1-16-5-7-22(26(16)20-4-2-3-18(13-20)24(27)28)21-14-19(25)6-8-23(21)30-15-17-9-11-29-12-10-17/h4-10,15-16,19H,3,11-14,17H2,1-2H3;2-8,13-14,17H,9-12,15H2,1H3,(H,27,28). The van der Waals surface area contributed by atoms with Gasteiger partial charge in [0.05, 0.1) is 42.3 Å². The van der Waals surface area contributed by atoms with Crippen LogP contribution in [0.5, 0.6) is 11.5 Å². The molecule has 0 bridgehead atoms. The van der Waals surface area contributed by atoms with Crippen LogP contribution in [-0.4, -0.2) is 72.4 Å². The van der Waals surface area contributed by atoms with Crippen molar-refractivity contribution in [3.63, 3.8) is 0 Å². The van der Waals surface area contributed by atoms with E-state index >= 15 is 0 Å². The molecule has 4 aromatic carbocycles. The molecule has 1 N–H and O–H groups in total. The predicted molar refractivity (Wildman–Crippen MR) is 243 cm³/mol. The van der Waals surface area contributed by atoms with Crippen molar-refractivity contribution in [1.29, 1.82) is 0 Å². The Hall–Kier alpha value is -5.52. The summed E-state index contributed by atoms with van der Waals surface area (Å²) in [5, 5.41) is 10.6. The monoisotopic (exact) mass is 878 g/mol. The quantitative estimate of drug-likeness (QED) is 0.114. The molecule has 12 heteroatoms. The van der Waals surface area contributed by atoms with Gasteiger partial charge in [-0.05, 0) is 155 Å². The Morgan fingerprint density at radius 1 is 0.629 bits per heavy atom. The van der Waals surface area contributed by atoms with E-state index in [4.69, 9.17) is 46.9 Å². The minimum absolute atomic E-state index is 0.244. The molecule has 62 heavy (non-hydrogen) atoms. The second kappa shape index (κ2) is 21.0. The summed E-state index contributed by atoms with van der Waals surface area (Å²) in [4.78, 5) is 23.7. The molecule has 0 spiro atoms. The molecule has 2 aromatic heterocycles. The lowest BCUT2D eigenvalue weighted by Crippen LogP contribution is -2.21. The SMILES string of the molecule is CCOC(=O)c1cccc(-n2c(C)ccc2-c2cc(Cl)ccc2OCC2CCOCC2)c1.Cc1ccc(-c2cc(Cl)ccc2OCC2CCOCC2)n1-c1cccc(C(=O)O)c1. The van der Waals surface area contributed by atoms with Crippen LogP contribution in [0.3, 0.4) is 0 Å². The van der Waals surface area contributed by atoms with E-state index in [-0.39, 0.29) is 11.5 Å². The molecule has 8 rings (SSSR count). The van der Waals surface area contributed by atoms with Gasteiger partial charge in [0.15, 0.2) is 0 Å². The molecule has 0 atom stereocenters. The van der Waals surface area contributed by atoms with E-state index in [9.17, 15) is 14.7 Å². The number of aromatic nitrogens is 2. The van der Waals surface area contributed by atoms with E-state index in [0.29, 0.717) is 47.3 Å². The number of hydrogen-bond acceptors (Lipinski definition) is 7. The third kappa shape index (κ3) is 10.9. The van der Waals surface area contributed by atoms with Crippen molar-refractivity contribution in [3.8, 4) is 45.4 Å². The van der Waals surface area contributed by atoms with Crippen molar-refractivity contribution in [1.82, 2.24) is 9.13 Å². The van der Waals surface area contributed by atoms with E-state index in [1.54, 1.807) is 31.2 Å². The summed E-state index contributed by atoms with van der Waals surface area (Å²) in [6.07, 6.45) is 4.03. The Morgan fingerprint density at radius 3 is 1.53 bits per heavy atom. The lowest BCUT2D eigenvalue weighted by molar-refractivity contribution is 0.0498. The number of aryl methyl sites for hydroxylation is 2. The molecule has 6 aromatic rings. The van der Waals surface area contributed by atoms with Gasteiger partial charge in [0.1, 0.15) is 11.5 Å². The first-order chi connectivity index (χ1) is 30.1. The fourth-order valence-corrected chi connectivity index (χ4v) is 8.19. The van der Waals surface area contributed by atoms with Gasteiger partial charge in [-0.15, -0.1) is 0 Å². The van der Waals surface area contributed by atoms with Crippen LogP contribution in [0.15, 0.2) is 109 Å². The number of carboxylic acids is 1. The fourth-order valence-electron chi connectivity index (χ4n) is 7.85. The fraction of sp³-hybridized carbons (Fsp3) is 0.320. The van der Waals surface area contributed by atoms with Crippen molar-refractivity contribution in [3.05, 3.63) is 142 Å². The number of carbonyl (C=O) groups is 2. The van der Waals surface area contributed by atoms with Crippen molar-refractivity contribution in [2.45, 2.75) is 46.5 Å². The second-order valence-corrected chi connectivity index (χ2v) is 16.4. The van der Waals surface area contributed by atoms with Crippen LogP contribution >= 0.6 is 23.2 Å². The van der Waals surface area contributed by atoms with Crippen molar-refractivity contribution >= 4 is 35.1 Å². The summed E-state index contributed by atoms with van der Waals surface area (Å²) in [6, 6.07) is 33.8. The van der Waals surface area contributed by atoms with Crippen LogP contribution < -0.4 is 9.47 Å². The molecule has 0 radical (unpaired) electrons. The zero-order valence-electron chi connectivity index (χ0n) is 35.3. The van der Waals surface area contributed by atoms with E-state index < -0.39 is 5.97 Å². The second-order valence-electron chi connectivity index (χ2n) is 15.5. The van der Waals surface area contributed by atoms with Crippen LogP contribution in [0.4, 0.5) is 0 Å². The first kappa shape index (κ1) is 44.5. The summed E-state index contributed by atoms with van der Waals surface area (Å²) < 4.78 is 32.7. The molecule has 10 nitrogen and oxygen atoms in total. The first-order valence-electron chi connectivity index (χ1n) is 21.1. The Labute approximate surface area is 372 Å². The third-order valence-corrected chi connectivity index (χ3v) is 11.7. The van der Waals surface area contributed by atoms with Crippen LogP contribution in [0, 0.1) is 25.7 Å². The predicted octanol–water partition coefficient (Wildman–Crippen LogP) is 11.7. The van der Waals surface area contributed by atoms with Crippen LogP contribution in [0.1, 0.15) is 64.7 Å². The van der Waals surface area contributed by atoms with Gasteiger partial charge in [0.2, 0.25) is 0 Å². The smallest absolute Gasteiger partial charge is 0.338 e. The Balaban J connectivity index is 0.000000187. The van der Waals surface area contributed by atoms with Crippen LogP contribution in [-0.2, 0) is 14.2 Å². The highest BCUT2D eigenvalue weighted by Gasteiger charge is 2.21. The number of benzene rings is 4. The molecule has 0 amide bonds. The molecule has 0 unspecified atom stereocenters. The van der Waals surface area contributed by atoms with Crippen LogP contribution in [0.25, 0.3) is 33.9 Å². The minimum Gasteiger partial charge on any atom is -0.493 e. The molecule has 2 fully saturated rings. The molecular formula is C50H52Cl2N2O8. The summed E-state index contributed by atoms with van der Waals surface area (Å²) in [6.45, 7) is 10.6. The highest BCUT2D eigenvalue weighted by Crippen LogP contribution is 2.38. The highest BCUT2D eigenvalue weighted by molar-refractivity contribution is 6.31. The zero-order valence-corrected chi connectivity index (χ0v) is 36.8. The molecule has 324 valence electrons. The summed E-state index contributed by atoms with van der Waals surface area (Å²) in [5.41, 5.74) is 8.10. The maximum absolute atomic E-state index is 12.3. The number of halogens is 2. The van der Waals surface area contributed by atoms with Crippen molar-refractivity contribution in [2.24, 2.45) is 11.8 Å². The third-order valence-electron chi connectivity index (χ3n) is 11.2. The topological polar surface area (TPSA) is 110 Å². The van der Waals surface area contributed by atoms with Gasteiger partial charge in [-0.3, -0.25) is 0 Å². The minimum atomic E-state index is -0.952.